The predicted octanol–water partition coefficient (Wildman–Crippen LogP) is 1.60. The molecular formula is C23H31N7O. The molecule has 2 aliphatic rings. The van der Waals surface area contributed by atoms with Crippen LogP contribution < -0.4 is 5.56 Å². The number of imidazole rings is 1. The second-order valence-electron chi connectivity index (χ2n) is 9.24. The zero-order valence-electron chi connectivity index (χ0n) is 18.4. The summed E-state index contributed by atoms with van der Waals surface area (Å²) < 4.78 is 3.89. The van der Waals surface area contributed by atoms with Gasteiger partial charge in [0.05, 0.1) is 12.7 Å². The van der Waals surface area contributed by atoms with Crippen LogP contribution in [-0.4, -0.2) is 60.8 Å². The highest BCUT2D eigenvalue weighted by Crippen LogP contribution is 2.35. The van der Waals surface area contributed by atoms with Crippen LogP contribution in [0, 0.1) is 5.92 Å². The maximum Gasteiger partial charge on any atom is 0.255 e. The van der Waals surface area contributed by atoms with E-state index in [0.717, 1.165) is 50.5 Å². The number of aromatic amines is 1. The molecule has 2 aliphatic heterocycles. The van der Waals surface area contributed by atoms with Gasteiger partial charge in [-0.2, -0.15) is 5.10 Å². The van der Waals surface area contributed by atoms with Gasteiger partial charge in [0.2, 0.25) is 0 Å². The molecule has 0 saturated carbocycles. The number of nitrogens with zero attached hydrogens (tertiary/aromatic N) is 6. The van der Waals surface area contributed by atoms with E-state index in [0.29, 0.717) is 18.4 Å². The van der Waals surface area contributed by atoms with Crippen molar-refractivity contribution in [2.24, 2.45) is 13.0 Å². The molecule has 8 heteroatoms. The van der Waals surface area contributed by atoms with Crippen molar-refractivity contribution < 1.29 is 0 Å². The fourth-order valence-electron chi connectivity index (χ4n) is 5.23. The molecule has 1 N–H and O–H groups in total. The van der Waals surface area contributed by atoms with Gasteiger partial charge in [-0.25, -0.2) is 4.98 Å². The Balaban J connectivity index is 1.26. The second-order valence-corrected chi connectivity index (χ2v) is 9.24. The molecule has 3 aromatic rings. The lowest BCUT2D eigenvalue weighted by Gasteiger charge is -2.42. The lowest BCUT2D eigenvalue weighted by atomic mass is 9.83. The highest BCUT2D eigenvalue weighted by molar-refractivity contribution is 5.22. The van der Waals surface area contributed by atoms with E-state index in [1.165, 1.54) is 17.7 Å². The molecule has 2 bridgehead atoms. The van der Waals surface area contributed by atoms with Crippen LogP contribution in [0.3, 0.4) is 0 Å². The SMILES string of the molecule is CN(CCc1cnn(C)c1)Cc1ccc2n(c1=O)C[C@H]1C[C@@H]2CN(Cc2ncc[nH]2)C1. The topological polar surface area (TPSA) is 75.0 Å². The zero-order valence-corrected chi connectivity index (χ0v) is 18.4. The molecule has 1 fully saturated rings. The van der Waals surface area contributed by atoms with Gasteiger partial charge >= 0.3 is 0 Å². The van der Waals surface area contributed by atoms with Crippen molar-refractivity contribution in [3.05, 3.63) is 69.9 Å². The van der Waals surface area contributed by atoms with Crippen molar-refractivity contribution in [2.45, 2.75) is 38.4 Å². The lowest BCUT2D eigenvalue weighted by molar-refractivity contribution is 0.112. The van der Waals surface area contributed by atoms with Crippen LogP contribution in [0.5, 0.6) is 0 Å². The summed E-state index contributed by atoms with van der Waals surface area (Å²) in [5, 5.41) is 4.23. The predicted molar refractivity (Wildman–Crippen MR) is 119 cm³/mol. The maximum atomic E-state index is 13.3. The van der Waals surface area contributed by atoms with Gasteiger partial charge in [0.25, 0.3) is 5.56 Å². The Kier molecular flexibility index (Phi) is 5.50. The molecule has 2 atom stereocenters. The average Bonchev–Trinajstić information content (AvgIpc) is 3.40. The Bertz CT molecular complexity index is 1080. The fourth-order valence-corrected chi connectivity index (χ4v) is 5.23. The monoisotopic (exact) mass is 421 g/mol. The van der Waals surface area contributed by atoms with Gasteiger partial charge in [-0.3, -0.25) is 14.4 Å². The third-order valence-electron chi connectivity index (χ3n) is 6.67. The first-order valence-corrected chi connectivity index (χ1v) is 11.1. The van der Waals surface area contributed by atoms with Crippen LogP contribution in [0.25, 0.3) is 0 Å². The zero-order chi connectivity index (χ0) is 21.4. The van der Waals surface area contributed by atoms with Gasteiger partial charge in [0, 0.05) is 75.5 Å². The molecular weight excluding hydrogens is 390 g/mol. The van der Waals surface area contributed by atoms with Crippen LogP contribution in [0.1, 0.15) is 35.0 Å². The number of hydrogen-bond donors (Lipinski definition) is 1. The Morgan fingerprint density at radius 2 is 2.16 bits per heavy atom. The van der Waals surface area contributed by atoms with Crippen molar-refractivity contribution >= 4 is 0 Å². The van der Waals surface area contributed by atoms with Crippen LogP contribution in [0.2, 0.25) is 0 Å². The number of nitrogens with one attached hydrogen (secondary N) is 1. The summed E-state index contributed by atoms with van der Waals surface area (Å²) >= 11 is 0. The third kappa shape index (κ3) is 4.36. The quantitative estimate of drug-likeness (QED) is 0.627. The minimum atomic E-state index is 0.194. The number of fused-ring (bicyclic) bond motifs is 4. The summed E-state index contributed by atoms with van der Waals surface area (Å²) in [4.78, 5) is 25.6. The van der Waals surface area contributed by atoms with Crippen molar-refractivity contribution in [2.75, 3.05) is 26.7 Å². The van der Waals surface area contributed by atoms with E-state index >= 15 is 0 Å². The summed E-state index contributed by atoms with van der Waals surface area (Å²) in [6.45, 7) is 5.27. The largest absolute Gasteiger partial charge is 0.348 e. The molecule has 1 saturated heterocycles. The first-order chi connectivity index (χ1) is 15.0. The van der Waals surface area contributed by atoms with Crippen molar-refractivity contribution in [1.29, 1.82) is 0 Å². The summed E-state index contributed by atoms with van der Waals surface area (Å²) in [6, 6.07) is 4.25. The van der Waals surface area contributed by atoms with Crippen molar-refractivity contribution in [3.63, 3.8) is 0 Å². The number of likely N-dealkylation sites (N-methyl/N-ethyl adjacent to an activating group) is 1. The number of likely N-dealkylation sites (tertiary alicyclic amines) is 1. The van der Waals surface area contributed by atoms with Crippen LogP contribution >= 0.6 is 0 Å². The standard InChI is InChI=1S/C23H31N7O/c1-27(8-5-17-10-26-28(2)11-17)14-19-3-4-21-20-9-18(13-30(21)23(19)31)12-29(15-20)16-22-24-6-7-25-22/h3-4,6-7,10-11,18,20H,5,8-9,12-16H2,1-2H3,(H,24,25)/t18-,20+/m0/s1. The van der Waals surface area contributed by atoms with Crippen molar-refractivity contribution in [3.8, 4) is 0 Å². The number of hydrogen-bond acceptors (Lipinski definition) is 5. The summed E-state index contributed by atoms with van der Waals surface area (Å²) in [5.41, 5.74) is 3.51. The van der Waals surface area contributed by atoms with Crippen LogP contribution in [0.4, 0.5) is 0 Å². The minimum absolute atomic E-state index is 0.194. The van der Waals surface area contributed by atoms with Crippen molar-refractivity contribution in [1.82, 2.24) is 34.1 Å². The van der Waals surface area contributed by atoms with Gasteiger partial charge in [0.15, 0.2) is 0 Å². The Morgan fingerprint density at radius 1 is 1.26 bits per heavy atom. The average molecular weight is 422 g/mol. The number of piperidine rings is 1. The van der Waals surface area contributed by atoms with Crippen LogP contribution in [0.15, 0.2) is 41.7 Å². The molecule has 3 aromatic heterocycles. The number of pyridine rings is 1. The molecule has 0 aromatic carbocycles. The van der Waals surface area contributed by atoms with E-state index in [2.05, 4.69) is 54.8 Å². The summed E-state index contributed by atoms with van der Waals surface area (Å²) in [6.07, 6.45) is 9.77. The van der Waals surface area contributed by atoms with E-state index in [-0.39, 0.29) is 5.56 Å². The smallest absolute Gasteiger partial charge is 0.255 e. The number of H-pyrrole nitrogens is 1. The first-order valence-electron chi connectivity index (χ1n) is 11.1. The third-order valence-corrected chi connectivity index (χ3v) is 6.67. The first kappa shape index (κ1) is 20.2. The Hall–Kier alpha value is -2.71. The number of aromatic nitrogens is 5. The van der Waals surface area contributed by atoms with Crippen LogP contribution in [-0.2, 0) is 33.1 Å². The Morgan fingerprint density at radius 3 is 2.94 bits per heavy atom. The maximum absolute atomic E-state index is 13.3. The van der Waals surface area contributed by atoms with Gasteiger partial charge in [-0.15, -0.1) is 0 Å². The number of rotatable bonds is 7. The molecule has 0 spiro atoms. The fraction of sp³-hybridized carbons (Fsp3) is 0.522. The van der Waals surface area contributed by atoms with Gasteiger partial charge in [-0.1, -0.05) is 6.07 Å². The van der Waals surface area contributed by atoms with E-state index in [1.54, 1.807) is 0 Å². The number of aryl methyl sites for hydroxylation is 1. The molecule has 0 radical (unpaired) electrons. The second kappa shape index (κ2) is 8.43. The molecule has 0 unspecified atom stereocenters. The highest BCUT2D eigenvalue weighted by atomic mass is 16.1. The normalized spacial score (nSPS) is 20.9. The molecule has 31 heavy (non-hydrogen) atoms. The van der Waals surface area contributed by atoms with E-state index in [4.69, 9.17) is 0 Å². The molecule has 5 rings (SSSR count). The summed E-state index contributed by atoms with van der Waals surface area (Å²) in [7, 11) is 4.02. The molecule has 0 amide bonds. The molecule has 0 aliphatic carbocycles. The van der Waals surface area contributed by atoms with E-state index < -0.39 is 0 Å². The van der Waals surface area contributed by atoms with Gasteiger partial charge in [-0.05, 0) is 37.4 Å². The molecule has 5 heterocycles. The van der Waals surface area contributed by atoms with Gasteiger partial charge < -0.3 is 14.5 Å². The Labute approximate surface area is 182 Å². The highest BCUT2D eigenvalue weighted by Gasteiger charge is 2.35. The van der Waals surface area contributed by atoms with Gasteiger partial charge in [0.1, 0.15) is 5.82 Å². The molecule has 164 valence electrons. The lowest BCUT2D eigenvalue weighted by Crippen LogP contribution is -2.47. The summed E-state index contributed by atoms with van der Waals surface area (Å²) in [5.74, 6) is 1.96. The molecule has 8 nitrogen and oxygen atoms in total. The van der Waals surface area contributed by atoms with E-state index in [1.807, 2.05) is 30.3 Å². The van der Waals surface area contributed by atoms with E-state index in [9.17, 15) is 4.79 Å². The minimum Gasteiger partial charge on any atom is -0.348 e.